The summed E-state index contributed by atoms with van der Waals surface area (Å²) in [5, 5.41) is 17.5. The number of hydrogen-bond donors (Lipinski definition) is 1. The maximum Gasteiger partial charge on any atom is 0.263 e. The van der Waals surface area contributed by atoms with Gasteiger partial charge in [-0.05, 0) is 55.7 Å². The number of carbonyl (C=O) groups is 1. The number of methoxy groups -OCH3 is 1. The smallest absolute Gasteiger partial charge is 0.263 e. The van der Waals surface area contributed by atoms with Gasteiger partial charge in [0.15, 0.2) is 18.2 Å². The fourth-order valence-electron chi connectivity index (χ4n) is 3.56. The van der Waals surface area contributed by atoms with Crippen molar-refractivity contribution in [3.8, 4) is 23.4 Å². The lowest BCUT2D eigenvalue weighted by molar-refractivity contribution is -0.118. The summed E-state index contributed by atoms with van der Waals surface area (Å²) in [6, 6.07) is 15.3. The summed E-state index contributed by atoms with van der Waals surface area (Å²) in [6.45, 7) is 5.66. The van der Waals surface area contributed by atoms with Gasteiger partial charge in [0.1, 0.15) is 28.6 Å². The van der Waals surface area contributed by atoms with Crippen LogP contribution in [-0.4, -0.2) is 34.4 Å². The summed E-state index contributed by atoms with van der Waals surface area (Å²) in [4.78, 5) is 17.4. The second-order valence-electron chi connectivity index (χ2n) is 7.62. The molecule has 33 heavy (non-hydrogen) atoms. The van der Waals surface area contributed by atoms with Gasteiger partial charge in [-0.25, -0.2) is 4.98 Å². The van der Waals surface area contributed by atoms with E-state index in [-0.39, 0.29) is 18.0 Å². The number of anilines is 1. The number of aryl methyl sites for hydroxylation is 2. The Labute approximate surface area is 191 Å². The third kappa shape index (κ3) is 4.21. The second kappa shape index (κ2) is 9.01. The molecule has 0 radical (unpaired) electrons. The van der Waals surface area contributed by atoms with Crippen LogP contribution in [0.3, 0.4) is 0 Å². The highest BCUT2D eigenvalue weighted by molar-refractivity contribution is 5.93. The van der Waals surface area contributed by atoms with E-state index in [1.54, 1.807) is 7.11 Å². The van der Waals surface area contributed by atoms with Crippen LogP contribution < -0.4 is 14.8 Å². The highest BCUT2D eigenvalue weighted by Crippen LogP contribution is 2.29. The Balaban J connectivity index is 1.65. The van der Waals surface area contributed by atoms with Gasteiger partial charge < -0.3 is 14.8 Å². The number of hydrogen-bond acceptors (Lipinski definition) is 6. The average molecular weight is 441 g/mol. The molecular weight excluding hydrogens is 418 g/mol. The Bertz CT molecular complexity index is 1400. The van der Waals surface area contributed by atoms with Crippen molar-refractivity contribution in [2.24, 2.45) is 0 Å². The summed E-state index contributed by atoms with van der Waals surface area (Å²) in [5.74, 6) is 1.53. The van der Waals surface area contributed by atoms with E-state index in [1.165, 1.54) is 10.9 Å². The van der Waals surface area contributed by atoms with Gasteiger partial charge in [0, 0.05) is 5.39 Å². The molecule has 1 N–H and O–H groups in total. The molecule has 0 saturated heterocycles. The van der Waals surface area contributed by atoms with E-state index < -0.39 is 5.91 Å². The van der Waals surface area contributed by atoms with Gasteiger partial charge in [-0.1, -0.05) is 24.3 Å². The Hall–Kier alpha value is -4.38. The molecule has 2 aromatic carbocycles. The van der Waals surface area contributed by atoms with Crippen molar-refractivity contribution < 1.29 is 14.3 Å². The number of para-hydroxylation sites is 1. The number of aromatic nitrogens is 3. The maximum absolute atomic E-state index is 12.7. The molecule has 0 saturated carbocycles. The molecule has 0 spiro atoms. The first-order chi connectivity index (χ1) is 15.9. The van der Waals surface area contributed by atoms with Crippen LogP contribution in [0, 0.1) is 32.1 Å². The first-order valence-electron chi connectivity index (χ1n) is 10.3. The quantitative estimate of drug-likeness (QED) is 0.480. The molecule has 8 heteroatoms. The van der Waals surface area contributed by atoms with Crippen molar-refractivity contribution in [1.82, 2.24) is 14.8 Å². The number of nitrogens with one attached hydrogen (secondary N) is 1. The monoisotopic (exact) mass is 441 g/mol. The minimum atomic E-state index is -0.413. The van der Waals surface area contributed by atoms with Crippen molar-refractivity contribution in [1.29, 1.82) is 5.26 Å². The SMILES string of the molecule is COc1cccc2c(C)cc(-n3ncc(C#N)c3NC(=O)COc3cccc(C)c3C)nc12. The molecule has 0 aliphatic rings. The van der Waals surface area contributed by atoms with Gasteiger partial charge in [-0.15, -0.1) is 0 Å². The Kier molecular flexibility index (Phi) is 5.96. The molecule has 4 rings (SSSR count). The van der Waals surface area contributed by atoms with Crippen molar-refractivity contribution in [2.75, 3.05) is 19.0 Å². The molecule has 0 unspecified atom stereocenters. The lowest BCUT2D eigenvalue weighted by atomic mass is 10.1. The molecule has 8 nitrogen and oxygen atoms in total. The van der Waals surface area contributed by atoms with Crippen LogP contribution in [0.25, 0.3) is 16.7 Å². The van der Waals surface area contributed by atoms with Crippen LogP contribution in [0.2, 0.25) is 0 Å². The first-order valence-corrected chi connectivity index (χ1v) is 10.3. The van der Waals surface area contributed by atoms with Crippen molar-refractivity contribution in [3.05, 3.63) is 70.9 Å². The van der Waals surface area contributed by atoms with Gasteiger partial charge >= 0.3 is 0 Å². The standard InChI is InChI=1S/C25H23N5O3/c1-15-7-5-9-20(17(15)3)33-14-23(31)29-25-18(12-26)13-27-30(25)22-11-16(2)19-8-6-10-21(32-4)24(19)28-22/h5-11,13H,14H2,1-4H3,(H,29,31). The first kappa shape index (κ1) is 21.8. The largest absolute Gasteiger partial charge is 0.494 e. The summed E-state index contributed by atoms with van der Waals surface area (Å²) >= 11 is 0. The third-order valence-electron chi connectivity index (χ3n) is 5.49. The van der Waals surface area contributed by atoms with Crippen LogP contribution in [0.1, 0.15) is 22.3 Å². The molecular formula is C25H23N5O3. The number of pyridine rings is 1. The number of fused-ring (bicyclic) bond motifs is 1. The predicted octanol–water partition coefficient (Wildman–Crippen LogP) is 4.24. The molecule has 0 bridgehead atoms. The number of carbonyl (C=O) groups excluding carboxylic acids is 1. The molecule has 166 valence electrons. The van der Waals surface area contributed by atoms with Crippen LogP contribution >= 0.6 is 0 Å². The average Bonchev–Trinajstić information content (AvgIpc) is 3.22. The highest BCUT2D eigenvalue weighted by Gasteiger charge is 2.18. The van der Waals surface area contributed by atoms with Gasteiger partial charge in [0.25, 0.3) is 5.91 Å². The van der Waals surface area contributed by atoms with Gasteiger partial charge in [0.05, 0.1) is 13.3 Å². The van der Waals surface area contributed by atoms with E-state index in [0.29, 0.717) is 22.8 Å². The topological polar surface area (TPSA) is 102 Å². The molecule has 0 aliphatic heterocycles. The molecule has 0 fully saturated rings. The van der Waals surface area contributed by atoms with E-state index in [9.17, 15) is 10.1 Å². The molecule has 1 amide bonds. The summed E-state index contributed by atoms with van der Waals surface area (Å²) in [5.41, 5.74) is 3.89. The van der Waals surface area contributed by atoms with Crippen LogP contribution in [0.4, 0.5) is 5.82 Å². The summed E-state index contributed by atoms with van der Waals surface area (Å²) in [6.07, 6.45) is 1.39. The molecule has 4 aromatic rings. The fourth-order valence-corrected chi connectivity index (χ4v) is 3.56. The highest BCUT2D eigenvalue weighted by atomic mass is 16.5. The zero-order valence-electron chi connectivity index (χ0n) is 18.8. The molecule has 0 aliphatic carbocycles. The van der Waals surface area contributed by atoms with E-state index in [4.69, 9.17) is 14.5 Å². The minimum Gasteiger partial charge on any atom is -0.494 e. The number of ether oxygens (including phenoxy) is 2. The van der Waals surface area contributed by atoms with Gasteiger partial charge in [0.2, 0.25) is 0 Å². The molecule has 0 atom stereocenters. The Morgan fingerprint density at radius 1 is 1.12 bits per heavy atom. The van der Waals surface area contributed by atoms with Gasteiger partial charge in [-0.2, -0.15) is 15.0 Å². The van der Waals surface area contributed by atoms with Crippen molar-refractivity contribution in [3.63, 3.8) is 0 Å². The van der Waals surface area contributed by atoms with Crippen LogP contribution in [0.15, 0.2) is 48.7 Å². The van der Waals surface area contributed by atoms with Gasteiger partial charge in [-0.3, -0.25) is 4.79 Å². The zero-order chi connectivity index (χ0) is 23.5. The number of amides is 1. The summed E-state index contributed by atoms with van der Waals surface area (Å²) < 4.78 is 12.6. The second-order valence-corrected chi connectivity index (χ2v) is 7.62. The third-order valence-corrected chi connectivity index (χ3v) is 5.49. The van der Waals surface area contributed by atoms with Crippen molar-refractivity contribution >= 4 is 22.6 Å². The van der Waals surface area contributed by atoms with Crippen molar-refractivity contribution in [2.45, 2.75) is 20.8 Å². The lowest BCUT2D eigenvalue weighted by Gasteiger charge is -2.13. The van der Waals surface area contributed by atoms with Crippen LogP contribution in [0.5, 0.6) is 11.5 Å². The fraction of sp³-hybridized carbons (Fsp3) is 0.200. The number of nitriles is 1. The predicted molar refractivity (Wildman–Crippen MR) is 125 cm³/mol. The number of benzene rings is 2. The van der Waals surface area contributed by atoms with E-state index in [1.807, 2.05) is 63.2 Å². The van der Waals surface area contributed by atoms with E-state index >= 15 is 0 Å². The van der Waals surface area contributed by atoms with E-state index in [2.05, 4.69) is 16.5 Å². The number of rotatable bonds is 6. The van der Waals surface area contributed by atoms with Crippen LogP contribution in [-0.2, 0) is 4.79 Å². The minimum absolute atomic E-state index is 0.210. The molecule has 2 aromatic heterocycles. The lowest BCUT2D eigenvalue weighted by Crippen LogP contribution is -2.23. The van der Waals surface area contributed by atoms with E-state index in [0.717, 1.165) is 22.1 Å². The molecule has 2 heterocycles. The number of nitrogens with zero attached hydrogens (tertiary/aromatic N) is 4. The zero-order valence-corrected chi connectivity index (χ0v) is 18.8. The normalized spacial score (nSPS) is 10.6. The Morgan fingerprint density at radius 3 is 2.64 bits per heavy atom. The maximum atomic E-state index is 12.7. The summed E-state index contributed by atoms with van der Waals surface area (Å²) in [7, 11) is 1.59. The Morgan fingerprint density at radius 2 is 1.88 bits per heavy atom.